The maximum atomic E-state index is 12.9. The monoisotopic (exact) mass is 440 g/mol. The smallest absolute Gasteiger partial charge is 0.295 e. The highest BCUT2D eigenvalue weighted by atomic mass is 16.6. The second-order valence-corrected chi connectivity index (χ2v) is 7.23. The first-order valence-electron chi connectivity index (χ1n) is 10.2. The molecule has 1 fully saturated rings. The van der Waals surface area contributed by atoms with Gasteiger partial charge >= 0.3 is 0 Å². The quantitative estimate of drug-likeness (QED) is 0.153. The van der Waals surface area contributed by atoms with Gasteiger partial charge in [0.2, 0.25) is 0 Å². The third-order valence-corrected chi connectivity index (χ3v) is 5.29. The van der Waals surface area contributed by atoms with Gasteiger partial charge in [0, 0.05) is 24.2 Å². The van der Waals surface area contributed by atoms with Crippen LogP contribution in [0.3, 0.4) is 0 Å². The lowest BCUT2D eigenvalue weighted by molar-refractivity contribution is -0.384. The van der Waals surface area contributed by atoms with Crippen molar-refractivity contribution >= 4 is 23.1 Å². The van der Waals surface area contributed by atoms with Crippen LogP contribution in [0, 0.1) is 10.1 Å². The van der Waals surface area contributed by atoms with Crippen molar-refractivity contribution < 1.29 is 29.5 Å². The van der Waals surface area contributed by atoms with Gasteiger partial charge in [-0.05, 0) is 17.5 Å². The number of likely N-dealkylation sites (tertiary alicyclic amines) is 1. The zero-order chi connectivity index (χ0) is 23.3. The summed E-state index contributed by atoms with van der Waals surface area (Å²) in [6.45, 7) is 2.08. The van der Waals surface area contributed by atoms with Crippen LogP contribution in [0.1, 0.15) is 29.7 Å². The van der Waals surface area contributed by atoms with Crippen molar-refractivity contribution in [1.29, 1.82) is 0 Å². The molecule has 3 rings (SSSR count). The number of Topliss-reactive ketones (excluding diaryl/α,β-unsaturated/α-hetero) is 1. The highest BCUT2D eigenvalue weighted by Gasteiger charge is 2.45. The molecule has 2 aromatic carbocycles. The summed E-state index contributed by atoms with van der Waals surface area (Å²) in [5.74, 6) is -2.15. The molecule has 0 aliphatic carbocycles. The lowest BCUT2D eigenvalue weighted by Crippen LogP contribution is -2.33. The van der Waals surface area contributed by atoms with Gasteiger partial charge in [0.15, 0.2) is 0 Å². The summed E-state index contributed by atoms with van der Waals surface area (Å²) in [6, 6.07) is 11.7. The van der Waals surface area contributed by atoms with E-state index in [0.717, 1.165) is 18.1 Å². The zero-order valence-electron chi connectivity index (χ0n) is 17.6. The van der Waals surface area contributed by atoms with E-state index in [-0.39, 0.29) is 43.2 Å². The lowest BCUT2D eigenvalue weighted by atomic mass is 9.94. The molecule has 1 atom stereocenters. The first kappa shape index (κ1) is 23.1. The molecule has 1 amide bonds. The predicted octanol–water partition coefficient (Wildman–Crippen LogP) is 2.59. The van der Waals surface area contributed by atoms with E-state index in [1.807, 2.05) is 19.1 Å². The van der Waals surface area contributed by atoms with Gasteiger partial charge in [-0.15, -0.1) is 0 Å². The number of nitro benzene ring substituents is 1. The number of hydrogen-bond donors (Lipinski definition) is 2. The number of ether oxygens (including phenoxy) is 1. The molecular formula is C23H24N2O7. The van der Waals surface area contributed by atoms with E-state index in [4.69, 9.17) is 9.84 Å². The minimum atomic E-state index is -0.877. The summed E-state index contributed by atoms with van der Waals surface area (Å²) in [4.78, 5) is 37.6. The van der Waals surface area contributed by atoms with Crippen LogP contribution in [0.2, 0.25) is 0 Å². The van der Waals surface area contributed by atoms with Crippen molar-refractivity contribution in [3.05, 3.63) is 80.9 Å². The van der Waals surface area contributed by atoms with Crippen LogP contribution in [-0.4, -0.2) is 58.1 Å². The number of carbonyl (C=O) groups is 2. The van der Waals surface area contributed by atoms with Crippen LogP contribution >= 0.6 is 0 Å². The molecule has 0 saturated carbocycles. The number of carbonyl (C=O) groups excluding carboxylic acids is 2. The van der Waals surface area contributed by atoms with E-state index >= 15 is 0 Å². The fraction of sp³-hybridized carbons (Fsp3) is 0.304. The van der Waals surface area contributed by atoms with Gasteiger partial charge in [-0.25, -0.2) is 0 Å². The molecule has 0 bridgehead atoms. The fourth-order valence-corrected chi connectivity index (χ4v) is 3.64. The zero-order valence-corrected chi connectivity index (χ0v) is 17.6. The molecule has 168 valence electrons. The molecule has 0 radical (unpaired) electrons. The molecule has 9 nitrogen and oxygen atoms in total. The van der Waals surface area contributed by atoms with Gasteiger partial charge in [0.25, 0.3) is 17.4 Å². The van der Waals surface area contributed by atoms with Crippen molar-refractivity contribution in [2.45, 2.75) is 19.4 Å². The normalized spacial score (nSPS) is 17.7. The first-order chi connectivity index (χ1) is 15.4. The Hall–Kier alpha value is -3.56. The van der Waals surface area contributed by atoms with Crippen molar-refractivity contribution in [3.8, 4) is 0 Å². The van der Waals surface area contributed by atoms with Crippen LogP contribution in [0.4, 0.5) is 5.69 Å². The van der Waals surface area contributed by atoms with E-state index in [9.17, 15) is 24.8 Å². The van der Waals surface area contributed by atoms with Crippen molar-refractivity contribution in [1.82, 2.24) is 4.90 Å². The molecule has 1 unspecified atom stereocenters. The van der Waals surface area contributed by atoms with Gasteiger partial charge in [0.1, 0.15) is 5.76 Å². The molecule has 1 aliphatic heterocycles. The van der Waals surface area contributed by atoms with Crippen LogP contribution in [0.25, 0.3) is 5.76 Å². The maximum Gasteiger partial charge on any atom is 0.295 e. The number of rotatable bonds is 9. The summed E-state index contributed by atoms with van der Waals surface area (Å²) in [6.07, 6.45) is 0.809. The Labute approximate surface area is 184 Å². The predicted molar refractivity (Wildman–Crippen MR) is 116 cm³/mol. The maximum absolute atomic E-state index is 12.9. The second kappa shape index (κ2) is 10.2. The van der Waals surface area contributed by atoms with Crippen molar-refractivity contribution in [2.75, 3.05) is 26.4 Å². The largest absolute Gasteiger partial charge is 0.507 e. The number of aryl methyl sites for hydroxylation is 1. The van der Waals surface area contributed by atoms with Crippen molar-refractivity contribution in [2.24, 2.45) is 0 Å². The molecule has 1 heterocycles. The summed E-state index contributed by atoms with van der Waals surface area (Å²) < 4.78 is 5.26. The standard InChI is InChI=1S/C23H24N2O7/c1-2-15-6-8-16(9-7-15)20-19(21(27)17-4-3-5-18(14-17)25(30)31)22(28)23(29)24(20)10-12-32-13-11-26/h3-9,14,20,26-27H,2,10-13H2,1H3. The van der Waals surface area contributed by atoms with Crippen molar-refractivity contribution in [3.63, 3.8) is 0 Å². The number of nitro groups is 1. The van der Waals surface area contributed by atoms with Crippen LogP contribution < -0.4 is 0 Å². The van der Waals surface area contributed by atoms with E-state index in [2.05, 4.69) is 0 Å². The van der Waals surface area contributed by atoms with E-state index in [1.165, 1.54) is 23.1 Å². The Morgan fingerprint density at radius 2 is 1.88 bits per heavy atom. The second-order valence-electron chi connectivity index (χ2n) is 7.23. The topological polar surface area (TPSA) is 130 Å². The number of ketones is 1. The van der Waals surface area contributed by atoms with E-state index in [1.54, 1.807) is 12.1 Å². The minimum Gasteiger partial charge on any atom is -0.507 e. The molecule has 0 spiro atoms. The Balaban J connectivity index is 2.09. The average molecular weight is 440 g/mol. The number of aliphatic hydroxyl groups is 2. The van der Waals surface area contributed by atoms with E-state index < -0.39 is 28.4 Å². The highest BCUT2D eigenvalue weighted by molar-refractivity contribution is 6.46. The van der Waals surface area contributed by atoms with Gasteiger partial charge < -0.3 is 19.8 Å². The van der Waals surface area contributed by atoms with Crippen LogP contribution in [0.5, 0.6) is 0 Å². The average Bonchev–Trinajstić information content (AvgIpc) is 3.06. The highest BCUT2D eigenvalue weighted by Crippen LogP contribution is 2.39. The molecule has 1 aliphatic rings. The number of amides is 1. The number of nitrogens with zero attached hydrogens (tertiary/aromatic N) is 2. The van der Waals surface area contributed by atoms with E-state index in [0.29, 0.717) is 5.56 Å². The van der Waals surface area contributed by atoms with Crippen LogP contribution in [0.15, 0.2) is 54.1 Å². The first-order valence-corrected chi connectivity index (χ1v) is 10.2. The number of hydrogen-bond acceptors (Lipinski definition) is 7. The summed E-state index contributed by atoms with van der Waals surface area (Å²) >= 11 is 0. The van der Waals surface area contributed by atoms with Gasteiger partial charge in [-0.3, -0.25) is 19.7 Å². The Kier molecular flexibility index (Phi) is 7.34. The summed E-state index contributed by atoms with van der Waals surface area (Å²) in [5.41, 5.74) is 1.38. The third-order valence-electron chi connectivity index (χ3n) is 5.29. The molecule has 2 N–H and O–H groups in total. The number of aliphatic hydroxyl groups excluding tert-OH is 2. The Morgan fingerprint density at radius 3 is 2.50 bits per heavy atom. The van der Waals surface area contributed by atoms with Crippen LogP contribution in [-0.2, 0) is 20.7 Å². The fourth-order valence-electron chi connectivity index (χ4n) is 3.64. The molecule has 9 heteroatoms. The summed E-state index contributed by atoms with van der Waals surface area (Å²) in [7, 11) is 0. The molecular weight excluding hydrogens is 416 g/mol. The lowest BCUT2D eigenvalue weighted by Gasteiger charge is -2.25. The van der Waals surface area contributed by atoms with Gasteiger partial charge in [-0.2, -0.15) is 0 Å². The Morgan fingerprint density at radius 1 is 1.16 bits per heavy atom. The Bertz CT molecular complexity index is 1050. The third kappa shape index (κ3) is 4.68. The minimum absolute atomic E-state index is 0.0660. The number of non-ortho nitro benzene ring substituents is 1. The molecule has 0 aromatic heterocycles. The molecule has 2 aromatic rings. The van der Waals surface area contributed by atoms with Gasteiger partial charge in [0.05, 0.1) is 36.4 Å². The van der Waals surface area contributed by atoms with Gasteiger partial charge in [-0.1, -0.05) is 43.3 Å². The molecule has 32 heavy (non-hydrogen) atoms. The SMILES string of the molecule is CCc1ccc(C2C(=C(O)c3cccc([N+](=O)[O-])c3)C(=O)C(=O)N2CCOCCO)cc1. The molecule has 1 saturated heterocycles. The number of benzene rings is 2. The summed E-state index contributed by atoms with van der Waals surface area (Å²) in [5, 5.41) is 31.0.